The molecule has 0 aliphatic rings. The van der Waals surface area contributed by atoms with Crippen molar-refractivity contribution >= 4 is 60.4 Å². The highest BCUT2D eigenvalue weighted by molar-refractivity contribution is 6.31. The van der Waals surface area contributed by atoms with Crippen molar-refractivity contribution in [3.05, 3.63) is 176 Å². The van der Waals surface area contributed by atoms with Gasteiger partial charge in [0.2, 0.25) is 0 Å². The fraction of sp³-hybridized carbons (Fsp3) is 0.0222. The lowest BCUT2D eigenvalue weighted by atomic mass is 9.95. The van der Waals surface area contributed by atoms with E-state index in [4.69, 9.17) is 0 Å². The predicted molar refractivity (Wildman–Crippen MR) is 201 cm³/mol. The Morgan fingerprint density at radius 3 is 1.51 bits per heavy atom. The molecule has 0 unspecified atom stereocenters. The number of anilines is 3. The molecule has 8 aromatic carbocycles. The van der Waals surface area contributed by atoms with Crippen LogP contribution in [0.15, 0.2) is 176 Å². The molecule has 47 heavy (non-hydrogen) atoms. The highest BCUT2D eigenvalue weighted by Gasteiger charge is 2.17. The van der Waals surface area contributed by atoms with Gasteiger partial charge in [-0.1, -0.05) is 121 Å². The second kappa shape index (κ2) is 11.0. The van der Waals surface area contributed by atoms with Crippen LogP contribution >= 0.6 is 0 Å². The molecule has 0 fully saturated rings. The predicted octanol–water partition coefficient (Wildman–Crippen LogP) is 12.4. The number of fused-ring (bicyclic) bond motifs is 8. The third-order valence-electron chi connectivity index (χ3n) is 9.55. The molecule has 0 saturated heterocycles. The molecule has 2 heteroatoms. The van der Waals surface area contributed by atoms with Crippen LogP contribution in [0, 0.1) is 0 Å². The van der Waals surface area contributed by atoms with Crippen LogP contribution in [0.25, 0.3) is 65.6 Å². The summed E-state index contributed by atoms with van der Waals surface area (Å²) >= 11 is 0. The molecular weight excluding hydrogens is 569 g/mol. The van der Waals surface area contributed by atoms with Gasteiger partial charge in [0.25, 0.3) is 0 Å². The zero-order valence-corrected chi connectivity index (χ0v) is 26.1. The molecule has 9 aromatic rings. The first-order chi connectivity index (χ1) is 23.2. The van der Waals surface area contributed by atoms with Crippen LogP contribution in [0.5, 0.6) is 0 Å². The second-order valence-electron chi connectivity index (χ2n) is 12.2. The van der Waals surface area contributed by atoms with Gasteiger partial charge in [-0.25, -0.2) is 0 Å². The first kappa shape index (κ1) is 27.2. The lowest BCUT2D eigenvalue weighted by Gasteiger charge is -2.25. The van der Waals surface area contributed by atoms with Crippen molar-refractivity contribution in [1.29, 1.82) is 0 Å². The van der Waals surface area contributed by atoms with Gasteiger partial charge in [-0.15, -0.1) is 0 Å². The molecule has 0 radical (unpaired) electrons. The Kier molecular flexibility index (Phi) is 6.39. The van der Waals surface area contributed by atoms with E-state index in [2.05, 4.69) is 192 Å². The van der Waals surface area contributed by atoms with Gasteiger partial charge in [0.1, 0.15) is 0 Å². The van der Waals surface area contributed by atoms with Crippen molar-refractivity contribution in [2.24, 2.45) is 7.05 Å². The molecular formula is C45H32N2. The second-order valence-corrected chi connectivity index (χ2v) is 12.2. The largest absolute Gasteiger partial charge is 0.343 e. The van der Waals surface area contributed by atoms with E-state index in [0.29, 0.717) is 0 Å². The van der Waals surface area contributed by atoms with Crippen molar-refractivity contribution in [2.75, 3.05) is 4.90 Å². The van der Waals surface area contributed by atoms with Gasteiger partial charge < -0.3 is 9.47 Å². The van der Waals surface area contributed by atoms with E-state index in [0.717, 1.165) is 17.1 Å². The quantitative estimate of drug-likeness (QED) is 0.178. The SMILES string of the molecule is Cn1c2ccc(-c3cccc(-c4ccc(N(c5ccccc5)c5ccccc5)cc4)c3)cc2c2c3ccccc3c3ccccc3c21. The molecule has 0 aliphatic carbocycles. The Hall–Kier alpha value is -6.12. The van der Waals surface area contributed by atoms with Crippen molar-refractivity contribution in [1.82, 2.24) is 4.57 Å². The maximum atomic E-state index is 2.39. The molecule has 0 spiro atoms. The Bertz CT molecular complexity index is 2520. The minimum absolute atomic E-state index is 1.13. The van der Waals surface area contributed by atoms with Crippen molar-refractivity contribution in [3.63, 3.8) is 0 Å². The molecule has 0 saturated carbocycles. The first-order valence-corrected chi connectivity index (χ1v) is 16.2. The maximum absolute atomic E-state index is 2.39. The molecule has 0 bridgehead atoms. The minimum atomic E-state index is 1.13. The first-order valence-electron chi connectivity index (χ1n) is 16.2. The number of hydrogen-bond acceptors (Lipinski definition) is 1. The van der Waals surface area contributed by atoms with Gasteiger partial charge in [-0.3, -0.25) is 0 Å². The van der Waals surface area contributed by atoms with Gasteiger partial charge >= 0.3 is 0 Å². The number of para-hydroxylation sites is 2. The van der Waals surface area contributed by atoms with E-state index in [-0.39, 0.29) is 0 Å². The third-order valence-corrected chi connectivity index (χ3v) is 9.55. The molecule has 0 aliphatic heterocycles. The van der Waals surface area contributed by atoms with Gasteiger partial charge in [-0.05, 0) is 93.0 Å². The smallest absolute Gasteiger partial charge is 0.0574 e. The van der Waals surface area contributed by atoms with Crippen LogP contribution in [0.4, 0.5) is 17.1 Å². The Labute approximate surface area is 274 Å². The molecule has 1 heterocycles. The molecule has 0 amide bonds. The van der Waals surface area contributed by atoms with E-state index in [1.807, 2.05) is 0 Å². The zero-order chi connectivity index (χ0) is 31.3. The number of aromatic nitrogens is 1. The van der Waals surface area contributed by atoms with Gasteiger partial charge in [0.15, 0.2) is 0 Å². The Morgan fingerprint density at radius 1 is 0.362 bits per heavy atom. The summed E-state index contributed by atoms with van der Waals surface area (Å²) in [5.74, 6) is 0. The standard InChI is InChI=1S/C45H32N2/c1-46-43-28-25-34(30-42(43)44-40-21-10-8-19-38(40)39-20-9-11-22-41(39)45(44)46)33-14-12-13-32(29-33)31-23-26-37(27-24-31)47(35-15-4-2-5-16-35)36-17-6-3-7-18-36/h2-30H,1H3. The number of nitrogens with zero attached hydrogens (tertiary/aromatic N) is 2. The van der Waals surface area contributed by atoms with Crippen LogP contribution in [0.1, 0.15) is 0 Å². The fourth-order valence-electron chi connectivity index (χ4n) is 7.36. The van der Waals surface area contributed by atoms with Crippen LogP contribution in [-0.4, -0.2) is 4.57 Å². The van der Waals surface area contributed by atoms with Crippen LogP contribution in [-0.2, 0) is 7.05 Å². The lowest BCUT2D eigenvalue weighted by Crippen LogP contribution is -2.09. The molecule has 9 rings (SSSR count). The molecule has 0 atom stereocenters. The van der Waals surface area contributed by atoms with E-state index in [1.54, 1.807) is 0 Å². The summed E-state index contributed by atoms with van der Waals surface area (Å²) in [5, 5.41) is 7.82. The Balaban J connectivity index is 1.14. The van der Waals surface area contributed by atoms with Gasteiger partial charge in [0.05, 0.1) is 5.52 Å². The summed E-state index contributed by atoms with van der Waals surface area (Å²) in [6.45, 7) is 0. The lowest BCUT2D eigenvalue weighted by molar-refractivity contribution is 1.02. The van der Waals surface area contributed by atoms with Crippen LogP contribution < -0.4 is 4.90 Å². The maximum Gasteiger partial charge on any atom is 0.0574 e. The Morgan fingerprint density at radius 2 is 0.851 bits per heavy atom. The van der Waals surface area contributed by atoms with E-state index >= 15 is 0 Å². The minimum Gasteiger partial charge on any atom is -0.343 e. The average molecular weight is 601 g/mol. The summed E-state index contributed by atoms with van der Waals surface area (Å²) in [6, 6.07) is 63.5. The van der Waals surface area contributed by atoms with Crippen LogP contribution in [0.2, 0.25) is 0 Å². The van der Waals surface area contributed by atoms with E-state index < -0.39 is 0 Å². The van der Waals surface area contributed by atoms with Gasteiger partial charge in [-0.2, -0.15) is 0 Å². The van der Waals surface area contributed by atoms with Crippen LogP contribution in [0.3, 0.4) is 0 Å². The van der Waals surface area contributed by atoms with Gasteiger partial charge in [0, 0.05) is 45.8 Å². The van der Waals surface area contributed by atoms with E-state index in [1.165, 1.54) is 65.6 Å². The third kappa shape index (κ3) is 4.49. The molecule has 1 aromatic heterocycles. The molecule has 0 N–H and O–H groups in total. The fourth-order valence-corrected chi connectivity index (χ4v) is 7.36. The summed E-state index contributed by atoms with van der Waals surface area (Å²) in [6.07, 6.45) is 0. The summed E-state index contributed by atoms with van der Waals surface area (Å²) in [4.78, 5) is 2.30. The summed E-state index contributed by atoms with van der Waals surface area (Å²) in [5.41, 5.74) is 10.8. The van der Waals surface area contributed by atoms with Crippen molar-refractivity contribution in [2.45, 2.75) is 0 Å². The summed E-state index contributed by atoms with van der Waals surface area (Å²) in [7, 11) is 2.20. The number of rotatable bonds is 5. The zero-order valence-electron chi connectivity index (χ0n) is 26.1. The topological polar surface area (TPSA) is 8.17 Å². The monoisotopic (exact) mass is 600 g/mol. The molecule has 2 nitrogen and oxygen atoms in total. The van der Waals surface area contributed by atoms with E-state index in [9.17, 15) is 0 Å². The van der Waals surface area contributed by atoms with Crippen molar-refractivity contribution < 1.29 is 0 Å². The summed E-state index contributed by atoms with van der Waals surface area (Å²) < 4.78 is 2.37. The number of aryl methyl sites for hydroxylation is 1. The highest BCUT2D eigenvalue weighted by atomic mass is 15.1. The number of benzene rings is 8. The highest BCUT2D eigenvalue weighted by Crippen LogP contribution is 2.42. The average Bonchev–Trinajstić information content (AvgIpc) is 3.45. The number of hydrogen-bond donors (Lipinski definition) is 0. The normalized spacial score (nSPS) is 11.5. The van der Waals surface area contributed by atoms with Crippen molar-refractivity contribution in [3.8, 4) is 22.3 Å². The molecule has 222 valence electrons.